The summed E-state index contributed by atoms with van der Waals surface area (Å²) in [5, 5.41) is 10.9. The molecule has 11 nitrogen and oxygen atoms in total. The van der Waals surface area contributed by atoms with Crippen LogP contribution in [0.2, 0.25) is 0 Å². The number of fused-ring (bicyclic) bond motifs is 2. The van der Waals surface area contributed by atoms with E-state index in [4.69, 9.17) is 4.84 Å². The molecule has 0 aromatic heterocycles. The maximum Gasteiger partial charge on any atom is 0.412 e. The normalized spacial score (nSPS) is 18.8. The minimum Gasteiger partial charge on any atom is -0.465 e. The van der Waals surface area contributed by atoms with Gasteiger partial charge < -0.3 is 10.0 Å². The van der Waals surface area contributed by atoms with Gasteiger partial charge in [0, 0.05) is 17.8 Å². The number of amides is 5. The number of benzene rings is 2. The van der Waals surface area contributed by atoms with Crippen LogP contribution in [-0.4, -0.2) is 63.2 Å². The first kappa shape index (κ1) is 26.9. The number of nitrogens with one attached hydrogen (secondary N) is 2. The van der Waals surface area contributed by atoms with Crippen molar-refractivity contribution < 1.29 is 29.1 Å². The van der Waals surface area contributed by atoms with E-state index in [0.717, 1.165) is 5.56 Å². The van der Waals surface area contributed by atoms with Crippen molar-refractivity contribution in [2.45, 2.75) is 64.3 Å². The van der Waals surface area contributed by atoms with E-state index >= 15 is 0 Å². The van der Waals surface area contributed by atoms with Gasteiger partial charge in [0.25, 0.3) is 5.91 Å². The topological polar surface area (TPSA) is 132 Å². The Balaban J connectivity index is 1.27. The molecule has 2 aromatic rings. The van der Waals surface area contributed by atoms with Crippen molar-refractivity contribution in [1.29, 1.82) is 0 Å². The van der Waals surface area contributed by atoms with Crippen molar-refractivity contribution in [3.63, 3.8) is 0 Å². The fourth-order valence-corrected chi connectivity index (χ4v) is 4.78. The third-order valence-electron chi connectivity index (χ3n) is 6.59. The maximum atomic E-state index is 12.9. The van der Waals surface area contributed by atoms with Gasteiger partial charge in [0.1, 0.15) is 12.6 Å². The molecule has 5 amide bonds. The van der Waals surface area contributed by atoms with E-state index in [1.54, 1.807) is 45.0 Å². The first-order valence-corrected chi connectivity index (χ1v) is 12.5. The molecular weight excluding hydrogens is 490 g/mol. The molecule has 0 spiro atoms. The smallest absolute Gasteiger partial charge is 0.412 e. The number of hydrazine groups is 1. The van der Waals surface area contributed by atoms with E-state index in [-0.39, 0.29) is 25.1 Å². The van der Waals surface area contributed by atoms with Crippen LogP contribution in [0.5, 0.6) is 0 Å². The Morgan fingerprint density at radius 2 is 1.68 bits per heavy atom. The molecule has 11 heteroatoms. The summed E-state index contributed by atoms with van der Waals surface area (Å²) in [7, 11) is 0. The summed E-state index contributed by atoms with van der Waals surface area (Å²) < 4.78 is 0. The molecule has 2 saturated heterocycles. The molecule has 2 aliphatic rings. The quantitative estimate of drug-likeness (QED) is 0.478. The van der Waals surface area contributed by atoms with Crippen LogP contribution in [0.15, 0.2) is 54.6 Å². The number of urea groups is 1. The number of anilines is 1. The molecule has 3 N–H and O–H groups in total. The highest BCUT2D eigenvalue weighted by atomic mass is 16.7. The zero-order valence-corrected chi connectivity index (χ0v) is 21.7. The molecule has 2 bridgehead atoms. The minimum atomic E-state index is -1.07. The average molecular weight is 524 g/mol. The van der Waals surface area contributed by atoms with Crippen molar-refractivity contribution in [2.75, 3.05) is 11.4 Å². The predicted molar refractivity (Wildman–Crippen MR) is 139 cm³/mol. The van der Waals surface area contributed by atoms with E-state index in [2.05, 4.69) is 10.9 Å². The third kappa shape index (κ3) is 6.05. The van der Waals surface area contributed by atoms with E-state index < -0.39 is 29.5 Å². The Bertz CT molecular complexity index is 1180. The Kier molecular flexibility index (Phi) is 7.86. The number of rotatable bonds is 7. The van der Waals surface area contributed by atoms with E-state index in [1.807, 2.05) is 30.3 Å². The van der Waals surface area contributed by atoms with Crippen LogP contribution in [-0.2, 0) is 27.5 Å². The lowest BCUT2D eigenvalue weighted by Gasteiger charge is -2.33. The molecule has 2 heterocycles. The van der Waals surface area contributed by atoms with Gasteiger partial charge >= 0.3 is 12.1 Å². The minimum absolute atomic E-state index is 0.0142. The molecule has 2 fully saturated rings. The van der Waals surface area contributed by atoms with Gasteiger partial charge in [-0.05, 0) is 56.9 Å². The molecule has 2 aliphatic heterocycles. The van der Waals surface area contributed by atoms with Crippen molar-refractivity contribution >= 4 is 29.6 Å². The molecular formula is C27H33N5O6. The van der Waals surface area contributed by atoms with E-state index in [1.165, 1.54) is 14.9 Å². The van der Waals surface area contributed by atoms with Crippen molar-refractivity contribution in [3.8, 4) is 0 Å². The van der Waals surface area contributed by atoms with Crippen LogP contribution in [0.25, 0.3) is 0 Å². The Hall–Kier alpha value is -4.12. The summed E-state index contributed by atoms with van der Waals surface area (Å²) in [4.78, 5) is 58.3. The average Bonchev–Trinajstić information content (AvgIpc) is 3.11. The molecule has 0 aliphatic carbocycles. The zero-order chi connectivity index (χ0) is 27.4. The molecule has 202 valence electrons. The predicted octanol–water partition coefficient (Wildman–Crippen LogP) is 3.06. The first-order valence-electron chi connectivity index (χ1n) is 12.5. The van der Waals surface area contributed by atoms with Crippen LogP contribution in [0, 0.1) is 0 Å². The van der Waals surface area contributed by atoms with Gasteiger partial charge in [0.05, 0.1) is 12.5 Å². The number of hydroxylamine groups is 2. The Morgan fingerprint density at radius 3 is 2.32 bits per heavy atom. The second kappa shape index (κ2) is 11.1. The third-order valence-corrected chi connectivity index (χ3v) is 6.59. The molecule has 4 rings (SSSR count). The number of carboxylic acid groups (broad SMARTS) is 1. The molecule has 0 saturated carbocycles. The first-order chi connectivity index (χ1) is 18.0. The summed E-state index contributed by atoms with van der Waals surface area (Å²) in [6, 6.07) is 15.0. The second-order valence-corrected chi connectivity index (χ2v) is 10.4. The van der Waals surface area contributed by atoms with Gasteiger partial charge in [-0.1, -0.05) is 42.5 Å². The highest BCUT2D eigenvalue weighted by molar-refractivity contribution is 5.90. The van der Waals surface area contributed by atoms with Crippen molar-refractivity contribution in [1.82, 2.24) is 20.8 Å². The number of carbonyl (C=O) groups is 4. The van der Waals surface area contributed by atoms with E-state index in [0.29, 0.717) is 30.6 Å². The van der Waals surface area contributed by atoms with Crippen molar-refractivity contribution in [2.24, 2.45) is 0 Å². The van der Waals surface area contributed by atoms with Crippen LogP contribution in [0.3, 0.4) is 0 Å². The summed E-state index contributed by atoms with van der Waals surface area (Å²) in [5.41, 5.74) is 6.31. The van der Waals surface area contributed by atoms with Gasteiger partial charge in [-0.2, -0.15) is 5.06 Å². The zero-order valence-electron chi connectivity index (χ0n) is 21.7. The van der Waals surface area contributed by atoms with Gasteiger partial charge in [-0.25, -0.2) is 9.59 Å². The van der Waals surface area contributed by atoms with Gasteiger partial charge in [-0.15, -0.1) is 0 Å². The monoisotopic (exact) mass is 523 g/mol. The molecule has 0 radical (unpaired) electrons. The Labute approximate surface area is 221 Å². The number of piperidine rings is 1. The molecule has 0 unspecified atom stereocenters. The summed E-state index contributed by atoms with van der Waals surface area (Å²) >= 11 is 0. The maximum absolute atomic E-state index is 12.9. The van der Waals surface area contributed by atoms with E-state index in [9.17, 15) is 24.3 Å². The Morgan fingerprint density at radius 1 is 1.00 bits per heavy atom. The summed E-state index contributed by atoms with van der Waals surface area (Å²) in [6.07, 6.45) is -0.0163. The lowest BCUT2D eigenvalue weighted by Crippen LogP contribution is -2.54. The number of carbonyl (C=O) groups excluding carboxylic acids is 3. The number of nitrogens with zero attached hydrogens (tertiary/aromatic N) is 3. The largest absolute Gasteiger partial charge is 0.465 e. The summed E-state index contributed by atoms with van der Waals surface area (Å²) in [5.74, 6) is -0.904. The lowest BCUT2D eigenvalue weighted by molar-refractivity contribution is -0.140. The molecule has 38 heavy (non-hydrogen) atoms. The summed E-state index contributed by atoms with van der Waals surface area (Å²) in [6.45, 7) is 6.02. The highest BCUT2D eigenvalue weighted by Gasteiger charge is 2.48. The van der Waals surface area contributed by atoms with Crippen LogP contribution < -0.4 is 15.8 Å². The number of hydrogen-bond donors (Lipinski definition) is 3. The van der Waals surface area contributed by atoms with Crippen LogP contribution >= 0.6 is 0 Å². The molecule has 2 atom stereocenters. The standard InChI is InChI=1S/C27H33N5O6/c1-27(2,3)31(26(36)37)20-11-9-18(10-12-20)15-23(33)28-29-24(34)22-14-13-21-16-30(22)25(35)32(21)38-17-19-7-5-4-6-8-19/h4-12,21-22H,13-17H2,1-3H3,(H,28,33)(H,29,34)(H,36,37)/t21-,22+/m1/s1. The van der Waals surface area contributed by atoms with Crippen LogP contribution in [0.4, 0.5) is 15.3 Å². The van der Waals surface area contributed by atoms with Crippen LogP contribution in [0.1, 0.15) is 44.7 Å². The lowest BCUT2D eigenvalue weighted by atomic mass is 10.0. The SMILES string of the molecule is CC(C)(C)N(C(=O)O)c1ccc(CC(=O)NNC(=O)[C@@H]2CC[C@@H]3CN2C(=O)N3OCc2ccccc2)cc1. The molecule has 2 aromatic carbocycles. The number of hydrogen-bond acceptors (Lipinski definition) is 5. The fraction of sp³-hybridized carbons (Fsp3) is 0.407. The highest BCUT2D eigenvalue weighted by Crippen LogP contribution is 2.30. The fourth-order valence-electron chi connectivity index (χ4n) is 4.78. The van der Waals surface area contributed by atoms with Gasteiger partial charge in [0.2, 0.25) is 5.91 Å². The van der Waals surface area contributed by atoms with Gasteiger partial charge in [-0.3, -0.25) is 30.2 Å². The van der Waals surface area contributed by atoms with Gasteiger partial charge in [0.15, 0.2) is 0 Å². The van der Waals surface area contributed by atoms with Crippen molar-refractivity contribution in [3.05, 3.63) is 65.7 Å². The second-order valence-electron chi connectivity index (χ2n) is 10.4.